The zero-order valence-electron chi connectivity index (χ0n) is 18.9. The Hall–Kier alpha value is -1.35. The first-order chi connectivity index (χ1) is 14.2. The van der Waals surface area contributed by atoms with Crippen LogP contribution in [-0.4, -0.2) is 60.2 Å². The first-order valence-corrected chi connectivity index (χ1v) is 11.3. The zero-order chi connectivity index (χ0) is 20.5. The minimum absolute atomic E-state index is 0. The van der Waals surface area contributed by atoms with Gasteiger partial charge in [0.1, 0.15) is 5.82 Å². The second kappa shape index (κ2) is 13.1. The number of nitrogens with one attached hydrogen (secondary N) is 2. The molecule has 3 rings (SSSR count). The minimum Gasteiger partial charge on any atom is -0.356 e. The van der Waals surface area contributed by atoms with Crippen LogP contribution in [0.2, 0.25) is 0 Å². The molecule has 0 radical (unpaired) electrons. The number of likely N-dealkylation sites (tertiary alicyclic amines) is 1. The summed E-state index contributed by atoms with van der Waals surface area (Å²) in [6, 6.07) is 8.35. The van der Waals surface area contributed by atoms with Gasteiger partial charge in [-0.1, -0.05) is 19.1 Å². The molecule has 0 bridgehead atoms. The quantitative estimate of drug-likeness (QED) is 0.224. The molecular weight excluding hydrogens is 487 g/mol. The molecule has 0 amide bonds. The molecule has 168 valence electrons. The summed E-state index contributed by atoms with van der Waals surface area (Å²) >= 11 is 0. The number of fused-ring (bicyclic) bond motifs is 1. The molecule has 1 atom stereocenters. The third-order valence-corrected chi connectivity index (χ3v) is 5.85. The summed E-state index contributed by atoms with van der Waals surface area (Å²) < 4.78 is 2.30. The van der Waals surface area contributed by atoms with Gasteiger partial charge in [0.05, 0.1) is 11.0 Å². The van der Waals surface area contributed by atoms with E-state index < -0.39 is 0 Å². The molecule has 0 spiro atoms. The molecular formula is C23H39IN6. The fourth-order valence-corrected chi connectivity index (χ4v) is 4.30. The zero-order valence-corrected chi connectivity index (χ0v) is 21.2. The maximum atomic E-state index is 4.64. The van der Waals surface area contributed by atoms with Crippen molar-refractivity contribution in [1.82, 2.24) is 25.1 Å². The number of aliphatic imine (C=N–C) groups is 1. The lowest BCUT2D eigenvalue weighted by atomic mass is 10.0. The van der Waals surface area contributed by atoms with Crippen LogP contribution in [0.5, 0.6) is 0 Å². The van der Waals surface area contributed by atoms with E-state index in [1.807, 2.05) is 13.1 Å². The van der Waals surface area contributed by atoms with E-state index >= 15 is 0 Å². The summed E-state index contributed by atoms with van der Waals surface area (Å²) in [5, 5.41) is 6.89. The maximum absolute atomic E-state index is 4.64. The van der Waals surface area contributed by atoms with E-state index in [1.165, 1.54) is 50.8 Å². The SMILES string of the molecule is CN=C(NCCCCN1CCCC(C)C1)NCCCn1c(C)nc2ccccc21.I. The predicted octanol–water partition coefficient (Wildman–Crippen LogP) is 4.03. The number of aryl methyl sites for hydroxylation is 2. The van der Waals surface area contributed by atoms with Gasteiger partial charge in [-0.3, -0.25) is 4.99 Å². The lowest BCUT2D eigenvalue weighted by Crippen LogP contribution is -2.39. The number of hydrogen-bond acceptors (Lipinski definition) is 3. The van der Waals surface area contributed by atoms with Crippen molar-refractivity contribution in [2.24, 2.45) is 10.9 Å². The topological polar surface area (TPSA) is 57.5 Å². The van der Waals surface area contributed by atoms with Crippen molar-refractivity contribution in [3.8, 4) is 0 Å². The number of para-hydroxylation sites is 2. The van der Waals surface area contributed by atoms with E-state index in [0.717, 1.165) is 49.3 Å². The number of benzene rings is 1. The lowest BCUT2D eigenvalue weighted by Gasteiger charge is -2.30. The van der Waals surface area contributed by atoms with Crippen molar-refractivity contribution in [3.63, 3.8) is 0 Å². The van der Waals surface area contributed by atoms with Crippen molar-refractivity contribution in [3.05, 3.63) is 30.1 Å². The number of hydrogen-bond donors (Lipinski definition) is 2. The highest BCUT2D eigenvalue weighted by Crippen LogP contribution is 2.16. The largest absolute Gasteiger partial charge is 0.356 e. The summed E-state index contributed by atoms with van der Waals surface area (Å²) in [5.74, 6) is 2.86. The summed E-state index contributed by atoms with van der Waals surface area (Å²) in [7, 11) is 1.85. The molecule has 6 nitrogen and oxygen atoms in total. The number of rotatable bonds is 9. The normalized spacial score (nSPS) is 17.7. The predicted molar refractivity (Wildman–Crippen MR) is 138 cm³/mol. The number of imidazole rings is 1. The van der Waals surface area contributed by atoms with Crippen LogP contribution in [0.3, 0.4) is 0 Å². The third-order valence-electron chi connectivity index (χ3n) is 5.85. The highest BCUT2D eigenvalue weighted by atomic mass is 127. The van der Waals surface area contributed by atoms with Gasteiger partial charge in [-0.25, -0.2) is 4.98 Å². The van der Waals surface area contributed by atoms with Crippen LogP contribution in [0.4, 0.5) is 0 Å². The fraction of sp³-hybridized carbons (Fsp3) is 0.652. The Kier molecular flexibility index (Phi) is 10.9. The van der Waals surface area contributed by atoms with Gasteiger partial charge in [0.2, 0.25) is 0 Å². The van der Waals surface area contributed by atoms with E-state index in [2.05, 4.69) is 62.1 Å². The molecule has 2 N–H and O–H groups in total. The summed E-state index contributed by atoms with van der Waals surface area (Å²) in [6.45, 7) is 11.1. The number of unbranched alkanes of at least 4 members (excludes halogenated alkanes) is 1. The fourth-order valence-electron chi connectivity index (χ4n) is 4.30. The van der Waals surface area contributed by atoms with Crippen LogP contribution in [0.25, 0.3) is 11.0 Å². The monoisotopic (exact) mass is 526 g/mol. The first kappa shape index (κ1) is 24.9. The van der Waals surface area contributed by atoms with Gasteiger partial charge in [-0.05, 0) is 70.2 Å². The molecule has 1 aliphatic rings. The molecule has 1 saturated heterocycles. The maximum Gasteiger partial charge on any atom is 0.190 e. The number of guanidine groups is 1. The minimum atomic E-state index is 0. The molecule has 2 heterocycles. The summed E-state index contributed by atoms with van der Waals surface area (Å²) in [4.78, 5) is 11.6. The Morgan fingerprint density at radius 1 is 1.13 bits per heavy atom. The van der Waals surface area contributed by atoms with Crippen LogP contribution in [0, 0.1) is 12.8 Å². The van der Waals surface area contributed by atoms with Crippen LogP contribution in [0.15, 0.2) is 29.3 Å². The van der Waals surface area contributed by atoms with Crippen molar-refractivity contribution in [2.75, 3.05) is 39.8 Å². The van der Waals surface area contributed by atoms with Crippen molar-refractivity contribution >= 4 is 41.0 Å². The molecule has 1 aliphatic heterocycles. The Morgan fingerprint density at radius 3 is 2.67 bits per heavy atom. The van der Waals surface area contributed by atoms with Gasteiger partial charge >= 0.3 is 0 Å². The van der Waals surface area contributed by atoms with Crippen LogP contribution in [-0.2, 0) is 6.54 Å². The van der Waals surface area contributed by atoms with E-state index in [0.29, 0.717) is 0 Å². The van der Waals surface area contributed by atoms with Gasteiger partial charge in [-0.2, -0.15) is 0 Å². The van der Waals surface area contributed by atoms with E-state index in [1.54, 1.807) is 0 Å². The van der Waals surface area contributed by atoms with Crippen molar-refractivity contribution in [1.29, 1.82) is 0 Å². The van der Waals surface area contributed by atoms with Gasteiger partial charge in [-0.15, -0.1) is 24.0 Å². The van der Waals surface area contributed by atoms with E-state index in [9.17, 15) is 0 Å². The second-order valence-corrected chi connectivity index (χ2v) is 8.33. The van der Waals surface area contributed by atoms with Crippen LogP contribution >= 0.6 is 24.0 Å². The van der Waals surface area contributed by atoms with Gasteiger partial charge in [0.15, 0.2) is 5.96 Å². The van der Waals surface area contributed by atoms with Gasteiger partial charge in [0.25, 0.3) is 0 Å². The van der Waals surface area contributed by atoms with E-state index in [4.69, 9.17) is 0 Å². The number of halogens is 1. The summed E-state index contributed by atoms with van der Waals surface area (Å²) in [6.07, 6.45) is 6.24. The molecule has 7 heteroatoms. The molecule has 1 aromatic heterocycles. The van der Waals surface area contributed by atoms with Crippen molar-refractivity contribution < 1.29 is 0 Å². The van der Waals surface area contributed by atoms with Crippen LogP contribution in [0.1, 0.15) is 44.9 Å². The standard InChI is InChI=1S/C23H38N6.HI/c1-19-10-8-16-28(18-19)15-7-6-13-25-23(24-3)26-14-9-17-29-20(2)27-21-11-4-5-12-22(21)29;/h4-5,11-12,19H,6-10,13-18H2,1-3H3,(H2,24,25,26);1H. The lowest BCUT2D eigenvalue weighted by molar-refractivity contribution is 0.181. The molecule has 0 saturated carbocycles. The van der Waals surface area contributed by atoms with Crippen LogP contribution < -0.4 is 10.6 Å². The highest BCUT2D eigenvalue weighted by Gasteiger charge is 2.15. The Morgan fingerprint density at radius 2 is 1.90 bits per heavy atom. The Bertz CT molecular complexity index is 787. The van der Waals surface area contributed by atoms with Gasteiger partial charge in [0, 0.05) is 33.2 Å². The molecule has 30 heavy (non-hydrogen) atoms. The van der Waals surface area contributed by atoms with Gasteiger partial charge < -0.3 is 20.1 Å². The van der Waals surface area contributed by atoms with E-state index in [-0.39, 0.29) is 24.0 Å². The average molecular weight is 527 g/mol. The first-order valence-electron chi connectivity index (χ1n) is 11.3. The third kappa shape index (κ3) is 7.41. The number of nitrogens with zero attached hydrogens (tertiary/aromatic N) is 4. The molecule has 2 aromatic rings. The number of aromatic nitrogens is 2. The van der Waals surface area contributed by atoms with Crippen molar-refractivity contribution in [2.45, 2.75) is 52.5 Å². The number of piperidine rings is 1. The summed E-state index contributed by atoms with van der Waals surface area (Å²) in [5.41, 5.74) is 2.30. The molecule has 1 aromatic carbocycles. The molecule has 0 aliphatic carbocycles. The Balaban J connectivity index is 0.00000320. The Labute approximate surface area is 198 Å². The highest BCUT2D eigenvalue weighted by molar-refractivity contribution is 14.0. The smallest absolute Gasteiger partial charge is 0.190 e. The molecule has 1 unspecified atom stereocenters. The second-order valence-electron chi connectivity index (χ2n) is 8.33. The average Bonchev–Trinajstić information content (AvgIpc) is 3.04. The molecule has 1 fully saturated rings.